The van der Waals surface area contributed by atoms with E-state index in [-0.39, 0.29) is 6.61 Å². The van der Waals surface area contributed by atoms with Crippen molar-refractivity contribution in [2.45, 2.75) is 12.5 Å². The molecule has 46 valence electrons. The van der Waals surface area contributed by atoms with Crippen LogP contribution in [0.5, 0.6) is 0 Å². The van der Waals surface area contributed by atoms with E-state index in [1.54, 1.807) is 0 Å². The van der Waals surface area contributed by atoms with Crippen molar-refractivity contribution in [3.05, 3.63) is 0 Å². The Labute approximate surface area is 62.0 Å². The first-order valence-corrected chi connectivity index (χ1v) is 3.26. The summed E-state index contributed by atoms with van der Waals surface area (Å²) in [5.41, 5.74) is 0. The van der Waals surface area contributed by atoms with E-state index in [2.05, 4.69) is 9.85 Å². The average molecular weight is 226 g/mol. The minimum atomic E-state index is -0.669. The molecule has 0 aliphatic heterocycles. The highest BCUT2D eigenvalue weighted by Gasteiger charge is 1.95. The van der Waals surface area contributed by atoms with E-state index < -0.39 is 6.10 Å². The molecule has 3 heteroatoms. The van der Waals surface area contributed by atoms with E-state index in [0.29, 0.717) is 6.42 Å². The van der Waals surface area contributed by atoms with Gasteiger partial charge in [0.05, 0.1) is 12.7 Å². The summed E-state index contributed by atoms with van der Waals surface area (Å²) in [6, 6.07) is 0. The van der Waals surface area contributed by atoms with Gasteiger partial charge < -0.3 is 10.2 Å². The normalized spacial score (nSPS) is 11.9. The minimum absolute atomic E-state index is 0.203. The summed E-state index contributed by atoms with van der Waals surface area (Å²) in [7, 11) is 0. The molecule has 0 aliphatic carbocycles. The van der Waals surface area contributed by atoms with Crippen molar-refractivity contribution < 1.29 is 10.2 Å². The van der Waals surface area contributed by atoms with E-state index in [4.69, 9.17) is 10.2 Å². The van der Waals surface area contributed by atoms with Crippen molar-refractivity contribution in [3.63, 3.8) is 0 Å². The molecule has 1 atom stereocenters. The number of halogens is 1. The highest BCUT2D eigenvalue weighted by Crippen LogP contribution is 1.86. The fourth-order valence-corrected chi connectivity index (χ4v) is 0.441. The molecule has 0 aromatic carbocycles. The van der Waals surface area contributed by atoms with E-state index in [9.17, 15) is 0 Å². The summed E-state index contributed by atoms with van der Waals surface area (Å²) >= 11 is 1.88. The second-order valence-corrected chi connectivity index (χ2v) is 1.85. The van der Waals surface area contributed by atoms with Crippen molar-refractivity contribution in [2.75, 3.05) is 6.61 Å². The summed E-state index contributed by atoms with van der Waals surface area (Å²) < 4.78 is 2.58. The van der Waals surface area contributed by atoms with Gasteiger partial charge in [-0.2, -0.15) is 0 Å². The van der Waals surface area contributed by atoms with Gasteiger partial charge >= 0.3 is 0 Å². The molecule has 2 N–H and O–H groups in total. The third-order valence-corrected chi connectivity index (χ3v) is 0.997. The van der Waals surface area contributed by atoms with Crippen molar-refractivity contribution in [2.24, 2.45) is 0 Å². The molecule has 0 aliphatic rings. The molecule has 0 spiro atoms. The van der Waals surface area contributed by atoms with Gasteiger partial charge in [0.15, 0.2) is 0 Å². The summed E-state index contributed by atoms with van der Waals surface area (Å²) in [5, 5.41) is 16.9. The first-order valence-electron chi connectivity index (χ1n) is 2.18. The van der Waals surface area contributed by atoms with Gasteiger partial charge in [0, 0.05) is 29.0 Å². The topological polar surface area (TPSA) is 40.5 Å². The van der Waals surface area contributed by atoms with Gasteiger partial charge in [-0.15, -0.1) is 0 Å². The van der Waals surface area contributed by atoms with Gasteiger partial charge in [0.2, 0.25) is 0 Å². The Balaban J connectivity index is 3.19. The van der Waals surface area contributed by atoms with Crippen LogP contribution in [0, 0.1) is 9.85 Å². The Hall–Kier alpha value is 0.210. The zero-order valence-electron chi connectivity index (χ0n) is 4.26. The van der Waals surface area contributed by atoms with Crippen molar-refractivity contribution in [1.29, 1.82) is 0 Å². The number of aliphatic hydroxyl groups is 2. The van der Waals surface area contributed by atoms with Gasteiger partial charge in [0.1, 0.15) is 0 Å². The van der Waals surface area contributed by atoms with Crippen LogP contribution in [0.25, 0.3) is 0 Å². The molecule has 0 saturated carbocycles. The fraction of sp³-hybridized carbons (Fsp3) is 0.600. The number of rotatable bonds is 2. The summed E-state index contributed by atoms with van der Waals surface area (Å²) in [4.78, 5) is 0. The second-order valence-electron chi connectivity index (χ2n) is 1.31. The maximum atomic E-state index is 8.63. The van der Waals surface area contributed by atoms with Crippen LogP contribution < -0.4 is 0 Å². The molecular formula is C5H7IO2. The minimum Gasteiger partial charge on any atom is -0.394 e. The van der Waals surface area contributed by atoms with Crippen molar-refractivity contribution in [3.8, 4) is 9.85 Å². The smallest absolute Gasteiger partial charge is 0.0880 e. The zero-order valence-corrected chi connectivity index (χ0v) is 6.42. The van der Waals surface area contributed by atoms with E-state index in [1.807, 2.05) is 22.6 Å². The molecular weight excluding hydrogens is 219 g/mol. The molecule has 0 aromatic rings. The van der Waals surface area contributed by atoms with Gasteiger partial charge in [-0.1, -0.05) is 5.92 Å². The SMILES string of the molecule is OCC(O)CC#CI. The van der Waals surface area contributed by atoms with Crippen LogP contribution in [0.4, 0.5) is 0 Å². The summed E-state index contributed by atoms with van der Waals surface area (Å²) in [5.74, 6) is 2.63. The maximum Gasteiger partial charge on any atom is 0.0880 e. The van der Waals surface area contributed by atoms with Crippen molar-refractivity contribution in [1.82, 2.24) is 0 Å². The van der Waals surface area contributed by atoms with Crippen LogP contribution in [-0.4, -0.2) is 22.9 Å². The molecule has 1 unspecified atom stereocenters. The Morgan fingerprint density at radius 1 is 1.62 bits per heavy atom. The van der Waals surface area contributed by atoms with Gasteiger partial charge in [-0.05, 0) is 3.93 Å². The molecule has 0 heterocycles. The molecule has 0 radical (unpaired) electrons. The van der Waals surface area contributed by atoms with E-state index >= 15 is 0 Å². The van der Waals surface area contributed by atoms with E-state index in [1.165, 1.54) is 0 Å². The van der Waals surface area contributed by atoms with Crippen LogP contribution >= 0.6 is 22.6 Å². The first-order chi connectivity index (χ1) is 3.81. The lowest BCUT2D eigenvalue weighted by Crippen LogP contribution is -2.09. The second kappa shape index (κ2) is 5.35. The van der Waals surface area contributed by atoms with Crippen LogP contribution in [0.2, 0.25) is 0 Å². The Kier molecular flexibility index (Phi) is 5.49. The fourth-order valence-electron chi connectivity index (χ4n) is 0.221. The molecule has 0 rings (SSSR count). The number of aliphatic hydroxyl groups excluding tert-OH is 2. The van der Waals surface area contributed by atoms with E-state index in [0.717, 1.165) is 0 Å². The van der Waals surface area contributed by atoms with Gasteiger partial charge in [0.25, 0.3) is 0 Å². The molecule has 8 heavy (non-hydrogen) atoms. The Morgan fingerprint density at radius 2 is 2.25 bits per heavy atom. The Morgan fingerprint density at radius 3 is 2.62 bits per heavy atom. The number of hydrogen-bond acceptors (Lipinski definition) is 2. The molecule has 0 aromatic heterocycles. The maximum absolute atomic E-state index is 8.63. The molecule has 0 saturated heterocycles. The third-order valence-electron chi connectivity index (χ3n) is 0.615. The van der Waals surface area contributed by atoms with Crippen molar-refractivity contribution >= 4 is 22.6 Å². The van der Waals surface area contributed by atoms with Gasteiger partial charge in [-0.3, -0.25) is 0 Å². The lowest BCUT2D eigenvalue weighted by atomic mass is 10.3. The third kappa shape index (κ3) is 4.37. The quantitative estimate of drug-likeness (QED) is 0.518. The lowest BCUT2D eigenvalue weighted by Gasteiger charge is -1.97. The monoisotopic (exact) mass is 226 g/mol. The first kappa shape index (κ1) is 8.21. The lowest BCUT2D eigenvalue weighted by molar-refractivity contribution is 0.0993. The van der Waals surface area contributed by atoms with Gasteiger partial charge in [-0.25, -0.2) is 0 Å². The van der Waals surface area contributed by atoms with Crippen LogP contribution in [0.15, 0.2) is 0 Å². The molecule has 0 bridgehead atoms. The van der Waals surface area contributed by atoms with Crippen LogP contribution in [0.1, 0.15) is 6.42 Å². The Bertz CT molecular complexity index is 103. The summed E-state index contributed by atoms with van der Waals surface area (Å²) in [6.45, 7) is -0.203. The van der Waals surface area contributed by atoms with Crippen LogP contribution in [-0.2, 0) is 0 Å². The largest absolute Gasteiger partial charge is 0.394 e. The molecule has 0 amide bonds. The summed E-state index contributed by atoms with van der Waals surface area (Å²) in [6.07, 6.45) is -0.309. The highest BCUT2D eigenvalue weighted by molar-refractivity contribution is 14.1. The van der Waals surface area contributed by atoms with Crippen LogP contribution in [0.3, 0.4) is 0 Å². The zero-order chi connectivity index (χ0) is 6.41. The predicted molar refractivity (Wildman–Crippen MR) is 39.5 cm³/mol. The predicted octanol–water partition coefficient (Wildman–Crippen LogP) is 0.126. The average Bonchev–Trinajstić information content (AvgIpc) is 1.83. The number of hydrogen-bond donors (Lipinski definition) is 2. The molecule has 2 nitrogen and oxygen atoms in total. The standard InChI is InChI=1S/C5H7IO2/c6-3-1-2-5(8)4-7/h5,7-8H,2,4H2. The molecule has 0 fully saturated rings. The highest BCUT2D eigenvalue weighted by atomic mass is 127.